The smallest absolute Gasteiger partial charge is 0.338 e. The number of hydrogen-bond donors (Lipinski definition) is 0. The van der Waals surface area contributed by atoms with Crippen molar-refractivity contribution in [2.75, 3.05) is 7.11 Å². The van der Waals surface area contributed by atoms with Crippen LogP contribution in [-0.4, -0.2) is 32.2 Å². The zero-order valence-electron chi connectivity index (χ0n) is 25.6. The minimum atomic E-state index is -0.282. The molecule has 216 valence electrons. The van der Waals surface area contributed by atoms with Crippen LogP contribution >= 0.6 is 0 Å². The number of carbonyl (C=O) groups is 1. The molecule has 0 radical (unpaired) electrons. The molecule has 1 aliphatic rings. The molecule has 0 aliphatic heterocycles. The van der Waals surface area contributed by atoms with E-state index in [1.54, 1.807) is 0 Å². The molecule has 6 rings (SSSR count). The van der Waals surface area contributed by atoms with Crippen LogP contribution < -0.4 is 0 Å². The van der Waals surface area contributed by atoms with Crippen molar-refractivity contribution in [2.24, 2.45) is 7.05 Å². The number of esters is 1. The van der Waals surface area contributed by atoms with Gasteiger partial charge in [-0.3, -0.25) is 0 Å². The number of carbonyl (C=O) groups excluding carboxylic acids is 1. The van der Waals surface area contributed by atoms with Crippen LogP contribution in [0, 0.1) is 6.92 Å². The standard InChI is InChI=1S/C34H34N4O2.C2H6/c1-5-10-31-36-32-22(2)19-25(33-35-28-13-8-9-14-29(28)37(33)3)20-30(32)38(31)21-23-15-17-24(18-16-23)26-11-6-7-12-27(26)34(39)40-4;1-2/h8-9,11-20H,5-7,10,21H2,1-4H3;1-2H3. The Morgan fingerprint density at radius 1 is 0.929 bits per heavy atom. The van der Waals surface area contributed by atoms with Crippen molar-refractivity contribution in [2.45, 2.75) is 59.9 Å². The number of fused-ring (bicyclic) bond motifs is 2. The third kappa shape index (κ3) is 5.41. The van der Waals surface area contributed by atoms with Crippen molar-refractivity contribution in [3.05, 3.63) is 101 Å². The Balaban J connectivity index is 0.00000173. The van der Waals surface area contributed by atoms with Gasteiger partial charge in [-0.05, 0) is 72.7 Å². The van der Waals surface area contributed by atoms with Gasteiger partial charge in [-0.2, -0.15) is 0 Å². The second kappa shape index (κ2) is 12.6. The molecule has 0 atom stereocenters. The number of rotatable bonds is 7. The van der Waals surface area contributed by atoms with E-state index in [0.29, 0.717) is 5.57 Å². The molecule has 0 saturated heterocycles. The number of ether oxygens (including phenoxy) is 1. The summed E-state index contributed by atoms with van der Waals surface area (Å²) >= 11 is 0. The Hall–Kier alpha value is -4.45. The zero-order valence-corrected chi connectivity index (χ0v) is 25.6. The molecule has 3 aromatic carbocycles. The lowest BCUT2D eigenvalue weighted by Gasteiger charge is -2.16. The molecular formula is C36H40N4O2. The van der Waals surface area contributed by atoms with Crippen LogP contribution in [0.2, 0.25) is 0 Å². The van der Waals surface area contributed by atoms with E-state index in [1.807, 2.05) is 26.0 Å². The second-order valence-electron chi connectivity index (χ2n) is 10.5. The minimum Gasteiger partial charge on any atom is -0.465 e. The average Bonchev–Trinajstić information content (AvgIpc) is 3.55. The predicted octanol–water partition coefficient (Wildman–Crippen LogP) is 8.20. The molecule has 2 aromatic heterocycles. The Morgan fingerprint density at radius 3 is 2.38 bits per heavy atom. The molecule has 42 heavy (non-hydrogen) atoms. The van der Waals surface area contributed by atoms with Crippen LogP contribution in [0.3, 0.4) is 0 Å². The van der Waals surface area contributed by atoms with Crippen LogP contribution in [0.5, 0.6) is 0 Å². The topological polar surface area (TPSA) is 61.9 Å². The van der Waals surface area contributed by atoms with E-state index >= 15 is 0 Å². The number of allylic oxidation sites excluding steroid dienone is 2. The van der Waals surface area contributed by atoms with Crippen LogP contribution in [0.4, 0.5) is 0 Å². The lowest BCUT2D eigenvalue weighted by atomic mass is 9.91. The van der Waals surface area contributed by atoms with Crippen LogP contribution in [-0.2, 0) is 29.5 Å². The summed E-state index contributed by atoms with van der Waals surface area (Å²) in [5.41, 5.74) is 10.3. The number of methoxy groups -OCH3 is 1. The van der Waals surface area contributed by atoms with Crippen molar-refractivity contribution in [3.8, 4) is 11.4 Å². The fourth-order valence-electron chi connectivity index (χ4n) is 5.79. The Labute approximate surface area is 248 Å². The molecule has 0 spiro atoms. The highest BCUT2D eigenvalue weighted by Crippen LogP contribution is 2.32. The first-order valence-electron chi connectivity index (χ1n) is 15.0. The van der Waals surface area contributed by atoms with E-state index in [9.17, 15) is 4.79 Å². The van der Waals surface area contributed by atoms with Gasteiger partial charge < -0.3 is 13.9 Å². The number of imidazole rings is 2. The molecule has 0 saturated carbocycles. The van der Waals surface area contributed by atoms with Gasteiger partial charge in [0.1, 0.15) is 11.6 Å². The van der Waals surface area contributed by atoms with Gasteiger partial charge in [0.05, 0.1) is 34.7 Å². The molecule has 0 N–H and O–H groups in total. The molecule has 6 nitrogen and oxygen atoms in total. The Bertz CT molecular complexity index is 1800. The molecule has 0 fully saturated rings. The molecule has 5 aromatic rings. The highest BCUT2D eigenvalue weighted by Gasteiger charge is 2.20. The highest BCUT2D eigenvalue weighted by atomic mass is 16.5. The maximum Gasteiger partial charge on any atom is 0.338 e. The van der Waals surface area contributed by atoms with E-state index in [0.717, 1.165) is 88.2 Å². The predicted molar refractivity (Wildman–Crippen MR) is 172 cm³/mol. The maximum absolute atomic E-state index is 12.3. The van der Waals surface area contributed by atoms with Gasteiger partial charge in [0.25, 0.3) is 0 Å². The third-order valence-electron chi connectivity index (χ3n) is 7.81. The van der Waals surface area contributed by atoms with E-state index in [1.165, 1.54) is 12.7 Å². The fourth-order valence-corrected chi connectivity index (χ4v) is 5.79. The van der Waals surface area contributed by atoms with Crippen molar-refractivity contribution in [1.82, 2.24) is 19.1 Å². The highest BCUT2D eigenvalue weighted by molar-refractivity contribution is 6.06. The Morgan fingerprint density at radius 2 is 1.67 bits per heavy atom. The SMILES string of the molecule is CC.CCCc1nc2c(C)cc(-c3nc4ccccc4n3C)cc2n1Cc1ccc(C2=CCCC=C2C(=O)OC)cc1. The summed E-state index contributed by atoms with van der Waals surface area (Å²) in [7, 11) is 3.51. The van der Waals surface area contributed by atoms with Gasteiger partial charge in [0.2, 0.25) is 0 Å². The van der Waals surface area contributed by atoms with Gasteiger partial charge in [-0.1, -0.05) is 69.3 Å². The lowest BCUT2D eigenvalue weighted by Crippen LogP contribution is -2.09. The summed E-state index contributed by atoms with van der Waals surface area (Å²) in [6.45, 7) is 9.05. The minimum absolute atomic E-state index is 0.282. The summed E-state index contributed by atoms with van der Waals surface area (Å²) in [5, 5.41) is 0. The summed E-state index contributed by atoms with van der Waals surface area (Å²) < 4.78 is 9.54. The molecule has 0 bridgehead atoms. The molecule has 0 unspecified atom stereocenters. The zero-order chi connectivity index (χ0) is 29.8. The monoisotopic (exact) mass is 560 g/mol. The largest absolute Gasteiger partial charge is 0.465 e. The number of para-hydroxylation sites is 2. The summed E-state index contributed by atoms with van der Waals surface area (Å²) in [5.74, 6) is 1.77. The number of benzene rings is 3. The average molecular weight is 561 g/mol. The van der Waals surface area contributed by atoms with Crippen molar-refractivity contribution < 1.29 is 9.53 Å². The first-order valence-corrected chi connectivity index (χ1v) is 15.0. The van der Waals surface area contributed by atoms with E-state index in [2.05, 4.69) is 90.7 Å². The first kappa shape index (κ1) is 29.1. The van der Waals surface area contributed by atoms with Crippen molar-refractivity contribution in [3.63, 3.8) is 0 Å². The van der Waals surface area contributed by atoms with Crippen molar-refractivity contribution in [1.29, 1.82) is 0 Å². The van der Waals surface area contributed by atoms with E-state index in [-0.39, 0.29) is 5.97 Å². The van der Waals surface area contributed by atoms with Gasteiger partial charge in [0.15, 0.2) is 0 Å². The normalized spacial score (nSPS) is 13.0. The molecule has 2 heterocycles. The summed E-state index contributed by atoms with van der Waals surface area (Å²) in [6.07, 6.45) is 7.83. The molecular weight excluding hydrogens is 520 g/mol. The number of hydrogen-bond acceptors (Lipinski definition) is 4. The van der Waals surface area contributed by atoms with Crippen LogP contribution in [0.25, 0.3) is 39.0 Å². The third-order valence-corrected chi connectivity index (χ3v) is 7.81. The molecule has 1 aliphatic carbocycles. The number of nitrogens with zero attached hydrogens (tertiary/aromatic N) is 4. The summed E-state index contributed by atoms with van der Waals surface area (Å²) in [4.78, 5) is 22.4. The van der Waals surface area contributed by atoms with Crippen LogP contribution in [0.15, 0.2) is 78.4 Å². The lowest BCUT2D eigenvalue weighted by molar-refractivity contribution is -0.135. The second-order valence-corrected chi connectivity index (χ2v) is 10.5. The molecule has 0 amide bonds. The van der Waals surface area contributed by atoms with E-state index < -0.39 is 0 Å². The number of aryl methyl sites for hydroxylation is 3. The Kier molecular flexibility index (Phi) is 8.72. The first-order chi connectivity index (χ1) is 20.5. The van der Waals surface area contributed by atoms with E-state index in [4.69, 9.17) is 14.7 Å². The van der Waals surface area contributed by atoms with Gasteiger partial charge in [-0.25, -0.2) is 14.8 Å². The van der Waals surface area contributed by atoms with Gasteiger partial charge in [-0.15, -0.1) is 0 Å². The van der Waals surface area contributed by atoms with Crippen LogP contribution in [0.1, 0.15) is 62.5 Å². The molecule has 6 heteroatoms. The summed E-state index contributed by atoms with van der Waals surface area (Å²) in [6, 6.07) is 21.2. The number of aromatic nitrogens is 4. The quantitative estimate of drug-likeness (QED) is 0.188. The van der Waals surface area contributed by atoms with Crippen molar-refractivity contribution >= 4 is 33.6 Å². The fraction of sp³-hybridized carbons (Fsp3) is 0.306. The maximum atomic E-state index is 12.3. The van der Waals surface area contributed by atoms with Gasteiger partial charge in [0, 0.05) is 25.6 Å². The van der Waals surface area contributed by atoms with Gasteiger partial charge >= 0.3 is 5.97 Å².